The first-order chi connectivity index (χ1) is 7.06. The van der Waals surface area contributed by atoms with Crippen molar-refractivity contribution >= 4 is 0 Å². The topological polar surface area (TPSA) is 21.3 Å². The van der Waals surface area contributed by atoms with E-state index in [1.54, 1.807) is 0 Å². The van der Waals surface area contributed by atoms with Gasteiger partial charge in [-0.25, -0.2) is 0 Å². The van der Waals surface area contributed by atoms with E-state index >= 15 is 0 Å². The summed E-state index contributed by atoms with van der Waals surface area (Å²) in [6.45, 7) is 13.1. The summed E-state index contributed by atoms with van der Waals surface area (Å²) in [4.78, 5) is 0. The molecule has 15 heavy (non-hydrogen) atoms. The molecule has 0 saturated carbocycles. The Balaban J connectivity index is 3.02. The summed E-state index contributed by atoms with van der Waals surface area (Å²) in [6.07, 6.45) is 6.45. The van der Waals surface area contributed by atoms with Gasteiger partial charge in [-0.15, -0.1) is 6.58 Å². The fourth-order valence-electron chi connectivity index (χ4n) is 1.22. The SMILES string of the molecule is C=CCCCOCCCCNC(C)(C)C. The van der Waals surface area contributed by atoms with Gasteiger partial charge in [-0.1, -0.05) is 6.08 Å². The van der Waals surface area contributed by atoms with Crippen LogP contribution in [0.2, 0.25) is 0 Å². The first-order valence-corrected chi connectivity index (χ1v) is 6.00. The van der Waals surface area contributed by atoms with Gasteiger partial charge >= 0.3 is 0 Å². The normalized spacial score (nSPS) is 11.7. The third-order valence-corrected chi connectivity index (χ3v) is 2.07. The highest BCUT2D eigenvalue weighted by molar-refractivity contribution is 4.69. The van der Waals surface area contributed by atoms with Crippen molar-refractivity contribution < 1.29 is 4.74 Å². The van der Waals surface area contributed by atoms with Crippen molar-refractivity contribution in [3.8, 4) is 0 Å². The number of hydrogen-bond donors (Lipinski definition) is 1. The van der Waals surface area contributed by atoms with Crippen LogP contribution in [0.4, 0.5) is 0 Å². The molecular weight excluding hydrogens is 186 g/mol. The predicted molar refractivity (Wildman–Crippen MR) is 67.2 cm³/mol. The molecule has 0 unspecified atom stereocenters. The Labute approximate surface area is 95.1 Å². The second-order valence-electron chi connectivity index (χ2n) is 4.93. The van der Waals surface area contributed by atoms with E-state index in [1.165, 1.54) is 6.42 Å². The first kappa shape index (κ1) is 14.7. The van der Waals surface area contributed by atoms with Crippen molar-refractivity contribution in [2.24, 2.45) is 0 Å². The highest BCUT2D eigenvalue weighted by Crippen LogP contribution is 1.99. The Morgan fingerprint density at radius 3 is 2.40 bits per heavy atom. The fraction of sp³-hybridized carbons (Fsp3) is 0.846. The molecule has 2 heteroatoms. The van der Waals surface area contributed by atoms with Crippen molar-refractivity contribution in [2.45, 2.75) is 52.0 Å². The highest BCUT2D eigenvalue weighted by Gasteiger charge is 2.06. The van der Waals surface area contributed by atoms with Gasteiger partial charge in [0.25, 0.3) is 0 Å². The van der Waals surface area contributed by atoms with E-state index in [0.717, 1.165) is 39.0 Å². The van der Waals surface area contributed by atoms with Gasteiger partial charge in [-0.3, -0.25) is 0 Å². The van der Waals surface area contributed by atoms with Gasteiger partial charge < -0.3 is 10.1 Å². The van der Waals surface area contributed by atoms with E-state index in [1.807, 2.05) is 6.08 Å². The summed E-state index contributed by atoms with van der Waals surface area (Å²) in [7, 11) is 0. The standard InChI is InChI=1S/C13H27NO/c1-5-6-8-11-15-12-9-7-10-14-13(2,3)4/h5,14H,1,6-12H2,2-4H3. The molecule has 0 aliphatic rings. The molecule has 0 aliphatic carbocycles. The third-order valence-electron chi connectivity index (χ3n) is 2.07. The molecule has 0 radical (unpaired) electrons. The van der Waals surface area contributed by atoms with Crippen molar-refractivity contribution in [3.63, 3.8) is 0 Å². The number of nitrogens with one attached hydrogen (secondary N) is 1. The highest BCUT2D eigenvalue weighted by atomic mass is 16.5. The molecular formula is C13H27NO. The molecule has 2 nitrogen and oxygen atoms in total. The van der Waals surface area contributed by atoms with E-state index in [2.05, 4.69) is 32.7 Å². The lowest BCUT2D eigenvalue weighted by atomic mass is 10.1. The van der Waals surface area contributed by atoms with E-state index in [-0.39, 0.29) is 5.54 Å². The summed E-state index contributed by atoms with van der Waals surface area (Å²) in [6, 6.07) is 0. The largest absolute Gasteiger partial charge is 0.381 e. The number of hydrogen-bond acceptors (Lipinski definition) is 2. The molecule has 90 valence electrons. The summed E-state index contributed by atoms with van der Waals surface area (Å²) < 4.78 is 5.49. The number of unbranched alkanes of at least 4 members (excludes halogenated alkanes) is 2. The van der Waals surface area contributed by atoms with Crippen molar-refractivity contribution in [2.75, 3.05) is 19.8 Å². The van der Waals surface area contributed by atoms with Gasteiger partial charge in [0, 0.05) is 18.8 Å². The number of ether oxygens (including phenoxy) is 1. The molecule has 0 aromatic rings. The number of rotatable bonds is 9. The average Bonchev–Trinajstić information content (AvgIpc) is 2.14. The minimum atomic E-state index is 0.241. The van der Waals surface area contributed by atoms with Crippen LogP contribution in [0.1, 0.15) is 46.5 Å². The van der Waals surface area contributed by atoms with Crippen LogP contribution in [0.5, 0.6) is 0 Å². The van der Waals surface area contributed by atoms with Crippen LogP contribution in [0.25, 0.3) is 0 Å². The minimum Gasteiger partial charge on any atom is -0.381 e. The smallest absolute Gasteiger partial charge is 0.0468 e. The fourth-order valence-corrected chi connectivity index (χ4v) is 1.22. The maximum absolute atomic E-state index is 5.49. The molecule has 0 fully saturated rings. The molecule has 0 saturated heterocycles. The zero-order valence-corrected chi connectivity index (χ0v) is 10.6. The van der Waals surface area contributed by atoms with E-state index in [9.17, 15) is 0 Å². The molecule has 0 aromatic carbocycles. The molecule has 0 heterocycles. The summed E-state index contributed by atoms with van der Waals surface area (Å²) >= 11 is 0. The quantitative estimate of drug-likeness (QED) is 0.469. The Kier molecular flexibility index (Phi) is 8.73. The molecule has 0 spiro atoms. The van der Waals surface area contributed by atoms with Crippen molar-refractivity contribution in [1.29, 1.82) is 0 Å². The zero-order chi connectivity index (χ0) is 11.6. The van der Waals surface area contributed by atoms with E-state index in [0.29, 0.717) is 0 Å². The second-order valence-corrected chi connectivity index (χ2v) is 4.93. The van der Waals surface area contributed by atoms with Crippen LogP contribution in [0.3, 0.4) is 0 Å². The van der Waals surface area contributed by atoms with Crippen LogP contribution < -0.4 is 5.32 Å². The maximum atomic E-state index is 5.49. The van der Waals surface area contributed by atoms with Crippen molar-refractivity contribution in [3.05, 3.63) is 12.7 Å². The van der Waals surface area contributed by atoms with Crippen molar-refractivity contribution in [1.82, 2.24) is 5.32 Å². The van der Waals surface area contributed by atoms with Crippen LogP contribution in [-0.4, -0.2) is 25.3 Å². The minimum absolute atomic E-state index is 0.241. The molecule has 0 amide bonds. The predicted octanol–water partition coefficient (Wildman–Crippen LogP) is 3.14. The van der Waals surface area contributed by atoms with Gasteiger partial charge in [0.2, 0.25) is 0 Å². The second kappa shape index (κ2) is 8.93. The Morgan fingerprint density at radius 1 is 1.13 bits per heavy atom. The first-order valence-electron chi connectivity index (χ1n) is 6.00. The summed E-state index contributed by atoms with van der Waals surface area (Å²) in [5.74, 6) is 0. The molecule has 0 bridgehead atoms. The summed E-state index contributed by atoms with van der Waals surface area (Å²) in [5, 5.41) is 3.46. The van der Waals surface area contributed by atoms with Crippen LogP contribution in [-0.2, 0) is 4.74 Å². The zero-order valence-electron chi connectivity index (χ0n) is 10.6. The van der Waals surface area contributed by atoms with Gasteiger partial charge in [-0.2, -0.15) is 0 Å². The van der Waals surface area contributed by atoms with Crippen LogP contribution in [0, 0.1) is 0 Å². The monoisotopic (exact) mass is 213 g/mol. The van der Waals surface area contributed by atoms with Gasteiger partial charge in [0.15, 0.2) is 0 Å². The number of allylic oxidation sites excluding steroid dienone is 1. The maximum Gasteiger partial charge on any atom is 0.0468 e. The van der Waals surface area contributed by atoms with E-state index < -0.39 is 0 Å². The molecule has 0 aliphatic heterocycles. The Bertz CT molecular complexity index is 149. The van der Waals surface area contributed by atoms with Gasteiger partial charge in [0.1, 0.15) is 0 Å². The van der Waals surface area contributed by atoms with Crippen LogP contribution >= 0.6 is 0 Å². The third kappa shape index (κ3) is 13.7. The molecule has 0 rings (SSSR count). The Morgan fingerprint density at radius 2 is 1.80 bits per heavy atom. The lowest BCUT2D eigenvalue weighted by molar-refractivity contribution is 0.128. The molecule has 0 aromatic heterocycles. The van der Waals surface area contributed by atoms with Gasteiger partial charge in [-0.05, 0) is 53.0 Å². The van der Waals surface area contributed by atoms with Crippen LogP contribution in [0.15, 0.2) is 12.7 Å². The molecule has 0 atom stereocenters. The van der Waals surface area contributed by atoms with E-state index in [4.69, 9.17) is 4.74 Å². The molecule has 1 N–H and O–H groups in total. The summed E-state index contributed by atoms with van der Waals surface area (Å²) in [5.41, 5.74) is 0.241. The Hall–Kier alpha value is -0.340. The van der Waals surface area contributed by atoms with Gasteiger partial charge in [0.05, 0.1) is 0 Å². The lowest BCUT2D eigenvalue weighted by Crippen LogP contribution is -2.36. The lowest BCUT2D eigenvalue weighted by Gasteiger charge is -2.20. The average molecular weight is 213 g/mol.